The molecule has 0 saturated heterocycles. The second-order valence-electron chi connectivity index (χ2n) is 3.80. The lowest BCUT2D eigenvalue weighted by atomic mass is 10.2. The zero-order valence-electron chi connectivity index (χ0n) is 9.95. The van der Waals surface area contributed by atoms with Crippen LogP contribution in [0.5, 0.6) is 0 Å². The molecule has 0 aliphatic heterocycles. The molecule has 0 bridgehead atoms. The molecule has 1 aromatic carbocycles. The maximum atomic E-state index is 12.2. The number of hydrogen-bond acceptors (Lipinski definition) is 6. The van der Waals surface area contributed by atoms with E-state index in [0.717, 1.165) is 21.4 Å². The van der Waals surface area contributed by atoms with Crippen LogP contribution >= 0.6 is 27.3 Å². The molecule has 0 saturated carbocycles. The molecular weight excluding hydrogens is 352 g/mol. The Bertz CT molecular complexity index is 686. The molecule has 0 radical (unpaired) electrons. The van der Waals surface area contributed by atoms with Gasteiger partial charge in [-0.15, -0.1) is 10.2 Å². The van der Waals surface area contributed by atoms with Crippen LogP contribution in [0.3, 0.4) is 0 Å². The van der Waals surface area contributed by atoms with Crippen LogP contribution in [0.2, 0.25) is 0 Å². The van der Waals surface area contributed by atoms with Crippen LogP contribution < -0.4 is 5.73 Å². The molecule has 0 fully saturated rings. The smallest absolute Gasteiger partial charge is 0.272 e. The Morgan fingerprint density at radius 3 is 2.74 bits per heavy atom. The van der Waals surface area contributed by atoms with E-state index in [4.69, 9.17) is 5.73 Å². The zero-order valence-corrected chi connectivity index (χ0v) is 13.2. The molecule has 2 aromatic rings. The first-order chi connectivity index (χ1) is 8.89. The second-order valence-corrected chi connectivity index (χ2v) is 7.94. The van der Waals surface area contributed by atoms with Gasteiger partial charge in [0, 0.05) is 18.1 Å². The van der Waals surface area contributed by atoms with Crippen LogP contribution in [0.4, 0.5) is 5.13 Å². The summed E-state index contributed by atoms with van der Waals surface area (Å²) in [6.07, 6.45) is 0. The minimum absolute atomic E-state index is 0.0949. The molecule has 19 heavy (non-hydrogen) atoms. The molecule has 0 atom stereocenters. The predicted octanol–water partition coefficient (Wildman–Crippen LogP) is 1.70. The minimum Gasteiger partial charge on any atom is -0.374 e. The summed E-state index contributed by atoms with van der Waals surface area (Å²) < 4.78 is 26.4. The largest absolute Gasteiger partial charge is 0.374 e. The van der Waals surface area contributed by atoms with Crippen LogP contribution in [-0.2, 0) is 16.6 Å². The highest BCUT2D eigenvalue weighted by molar-refractivity contribution is 9.10. The fraction of sp³-hybridized carbons (Fsp3) is 0.200. The Kier molecular flexibility index (Phi) is 4.19. The Hall–Kier alpha value is -1.03. The lowest BCUT2D eigenvalue weighted by Crippen LogP contribution is -2.26. The van der Waals surface area contributed by atoms with Gasteiger partial charge >= 0.3 is 0 Å². The van der Waals surface area contributed by atoms with Gasteiger partial charge in [0.2, 0.25) is 9.47 Å². The van der Waals surface area contributed by atoms with Gasteiger partial charge in [0.15, 0.2) is 0 Å². The highest BCUT2D eigenvalue weighted by Gasteiger charge is 2.25. The van der Waals surface area contributed by atoms with Gasteiger partial charge in [0.1, 0.15) is 0 Å². The summed E-state index contributed by atoms with van der Waals surface area (Å²) >= 11 is 4.20. The quantitative estimate of drug-likeness (QED) is 0.893. The van der Waals surface area contributed by atoms with Crippen molar-refractivity contribution in [2.75, 3.05) is 12.8 Å². The molecule has 0 aliphatic carbocycles. The first-order valence-electron chi connectivity index (χ1n) is 5.19. The van der Waals surface area contributed by atoms with E-state index in [9.17, 15) is 8.42 Å². The van der Waals surface area contributed by atoms with E-state index in [-0.39, 0.29) is 16.0 Å². The van der Waals surface area contributed by atoms with Crippen LogP contribution in [-0.4, -0.2) is 30.0 Å². The van der Waals surface area contributed by atoms with Gasteiger partial charge in [-0.2, -0.15) is 4.31 Å². The van der Waals surface area contributed by atoms with Gasteiger partial charge < -0.3 is 5.73 Å². The number of nitrogens with two attached hydrogens (primary N) is 1. The van der Waals surface area contributed by atoms with Crippen LogP contribution in [0.25, 0.3) is 0 Å². The third-order valence-electron chi connectivity index (χ3n) is 2.35. The molecule has 6 nitrogen and oxygen atoms in total. The third-order valence-corrected chi connectivity index (χ3v) is 5.74. The SMILES string of the molecule is CN(Cc1cccc(Br)c1)S(=O)(=O)c1nnc(N)s1. The van der Waals surface area contributed by atoms with Crippen molar-refractivity contribution in [3.05, 3.63) is 34.3 Å². The number of sulfonamides is 1. The lowest BCUT2D eigenvalue weighted by Gasteiger charge is -2.15. The van der Waals surface area contributed by atoms with E-state index in [2.05, 4.69) is 26.1 Å². The Morgan fingerprint density at radius 1 is 1.42 bits per heavy atom. The maximum Gasteiger partial charge on any atom is 0.272 e. The van der Waals surface area contributed by atoms with Crippen molar-refractivity contribution in [1.29, 1.82) is 0 Å². The van der Waals surface area contributed by atoms with Crippen molar-refractivity contribution in [3.63, 3.8) is 0 Å². The van der Waals surface area contributed by atoms with Crippen LogP contribution in [0.15, 0.2) is 33.1 Å². The lowest BCUT2D eigenvalue weighted by molar-refractivity contribution is 0.465. The minimum atomic E-state index is -3.65. The van der Waals surface area contributed by atoms with Crippen molar-refractivity contribution in [1.82, 2.24) is 14.5 Å². The van der Waals surface area contributed by atoms with Gasteiger partial charge in [-0.05, 0) is 17.7 Å². The zero-order chi connectivity index (χ0) is 14.0. The van der Waals surface area contributed by atoms with Crippen molar-refractivity contribution >= 4 is 42.4 Å². The van der Waals surface area contributed by atoms with Crippen molar-refractivity contribution in [2.45, 2.75) is 10.9 Å². The number of benzene rings is 1. The van der Waals surface area contributed by atoms with E-state index in [1.807, 2.05) is 24.3 Å². The summed E-state index contributed by atoms with van der Waals surface area (Å²) in [6.45, 7) is 0.251. The molecule has 102 valence electrons. The summed E-state index contributed by atoms with van der Waals surface area (Å²) in [5.41, 5.74) is 6.28. The topological polar surface area (TPSA) is 89.2 Å². The molecule has 1 aromatic heterocycles. The van der Waals surface area contributed by atoms with Gasteiger partial charge in [-0.25, -0.2) is 8.42 Å². The van der Waals surface area contributed by atoms with Crippen LogP contribution in [0, 0.1) is 0 Å². The number of aromatic nitrogens is 2. The molecule has 0 aliphatic rings. The number of halogens is 1. The molecule has 9 heteroatoms. The van der Waals surface area contributed by atoms with Gasteiger partial charge in [0.25, 0.3) is 10.0 Å². The molecule has 2 N–H and O–H groups in total. The Labute approximate surface area is 123 Å². The monoisotopic (exact) mass is 362 g/mol. The second kappa shape index (κ2) is 5.53. The molecule has 0 amide bonds. The van der Waals surface area contributed by atoms with E-state index >= 15 is 0 Å². The molecule has 1 heterocycles. The van der Waals surface area contributed by atoms with Crippen molar-refractivity contribution in [3.8, 4) is 0 Å². The number of nitrogen functional groups attached to an aromatic ring is 1. The number of nitrogens with zero attached hydrogens (tertiary/aromatic N) is 3. The number of hydrogen-bond donors (Lipinski definition) is 1. The molecular formula is C10H11BrN4O2S2. The standard InChI is InChI=1S/C10H11BrN4O2S2/c1-15(6-7-3-2-4-8(11)5-7)19(16,17)10-14-13-9(12)18-10/h2-5H,6H2,1H3,(H2,12,13). The van der Waals surface area contributed by atoms with Gasteiger partial charge in [-0.3, -0.25) is 0 Å². The van der Waals surface area contributed by atoms with E-state index in [0.29, 0.717) is 0 Å². The molecule has 0 unspecified atom stereocenters. The average molecular weight is 363 g/mol. The van der Waals surface area contributed by atoms with E-state index in [1.54, 1.807) is 0 Å². The summed E-state index contributed by atoms with van der Waals surface area (Å²) in [5, 5.41) is 7.23. The molecule has 0 spiro atoms. The summed E-state index contributed by atoms with van der Waals surface area (Å²) in [6, 6.07) is 7.44. The normalized spacial score (nSPS) is 11.9. The number of rotatable bonds is 4. The summed E-state index contributed by atoms with van der Waals surface area (Å²) in [7, 11) is -2.15. The Morgan fingerprint density at radius 2 is 2.16 bits per heavy atom. The highest BCUT2D eigenvalue weighted by Crippen LogP contribution is 2.22. The maximum absolute atomic E-state index is 12.2. The number of anilines is 1. The summed E-state index contributed by atoms with van der Waals surface area (Å²) in [4.78, 5) is 0. The van der Waals surface area contributed by atoms with E-state index < -0.39 is 10.0 Å². The van der Waals surface area contributed by atoms with Crippen LogP contribution in [0.1, 0.15) is 5.56 Å². The highest BCUT2D eigenvalue weighted by atomic mass is 79.9. The van der Waals surface area contributed by atoms with Gasteiger partial charge in [0.05, 0.1) is 0 Å². The third kappa shape index (κ3) is 3.30. The molecule has 2 rings (SSSR count). The van der Waals surface area contributed by atoms with Gasteiger partial charge in [-0.1, -0.05) is 39.4 Å². The first kappa shape index (κ1) is 14.4. The van der Waals surface area contributed by atoms with E-state index in [1.165, 1.54) is 11.4 Å². The predicted molar refractivity (Wildman–Crippen MR) is 77.1 cm³/mol. The summed E-state index contributed by atoms with van der Waals surface area (Å²) in [5.74, 6) is 0. The first-order valence-corrected chi connectivity index (χ1v) is 8.24. The van der Waals surface area contributed by atoms with Crippen molar-refractivity contribution in [2.24, 2.45) is 0 Å². The Balaban J connectivity index is 2.22. The average Bonchev–Trinajstić information content (AvgIpc) is 2.76. The van der Waals surface area contributed by atoms with Crippen molar-refractivity contribution < 1.29 is 8.42 Å². The fourth-order valence-electron chi connectivity index (χ4n) is 1.44. The fourth-order valence-corrected chi connectivity index (χ4v) is 4.01.